The van der Waals surface area contributed by atoms with Crippen LogP contribution in [0.2, 0.25) is 0 Å². The van der Waals surface area contributed by atoms with Crippen molar-refractivity contribution >= 4 is 10.0 Å². The van der Waals surface area contributed by atoms with Gasteiger partial charge in [0, 0.05) is 24.4 Å². The molecule has 1 aromatic heterocycles. The first-order valence-electron chi connectivity index (χ1n) is 7.05. The molecule has 0 fully saturated rings. The molecule has 0 aliphatic carbocycles. The number of benzene rings is 1. The van der Waals surface area contributed by atoms with Gasteiger partial charge in [-0.3, -0.25) is 4.98 Å². The summed E-state index contributed by atoms with van der Waals surface area (Å²) >= 11 is 0. The number of rotatable bonds is 7. The molecule has 2 rings (SSSR count). The molecule has 1 N–H and O–H groups in total. The van der Waals surface area contributed by atoms with Crippen molar-refractivity contribution in [2.75, 3.05) is 12.3 Å². The Morgan fingerprint density at radius 1 is 1.10 bits per heavy atom. The lowest BCUT2D eigenvalue weighted by atomic mass is 9.95. The number of hydrogen-bond acceptors (Lipinski definition) is 3. The zero-order valence-electron chi connectivity index (χ0n) is 12.1. The van der Waals surface area contributed by atoms with Crippen molar-refractivity contribution in [2.45, 2.75) is 19.3 Å². The van der Waals surface area contributed by atoms with Gasteiger partial charge in [-0.15, -0.1) is 0 Å². The summed E-state index contributed by atoms with van der Waals surface area (Å²) in [6, 6.07) is 15.5. The quantitative estimate of drug-likeness (QED) is 0.855. The standard InChI is InChI=1S/C16H20N2O2S/c1-2-12-21(19,20)18-13-15(14-8-4-3-5-9-14)16-10-6-7-11-17-16/h3-11,15,18H,2,12-13H2,1H3. The molecule has 4 nitrogen and oxygen atoms in total. The molecule has 1 heterocycles. The van der Waals surface area contributed by atoms with E-state index in [1.165, 1.54) is 0 Å². The molecule has 0 radical (unpaired) electrons. The van der Waals surface area contributed by atoms with Crippen LogP contribution in [-0.2, 0) is 10.0 Å². The maximum Gasteiger partial charge on any atom is 0.211 e. The highest BCUT2D eigenvalue weighted by molar-refractivity contribution is 7.89. The highest BCUT2D eigenvalue weighted by atomic mass is 32.2. The SMILES string of the molecule is CCCS(=O)(=O)NCC(c1ccccc1)c1ccccn1. The monoisotopic (exact) mass is 304 g/mol. The minimum absolute atomic E-state index is 0.0842. The van der Waals surface area contributed by atoms with Crippen molar-refractivity contribution in [3.63, 3.8) is 0 Å². The first kappa shape index (κ1) is 15.7. The zero-order chi connectivity index (χ0) is 15.1. The van der Waals surface area contributed by atoms with Gasteiger partial charge in [-0.25, -0.2) is 13.1 Å². The van der Waals surface area contributed by atoms with E-state index in [9.17, 15) is 8.42 Å². The molecule has 1 atom stereocenters. The van der Waals surface area contributed by atoms with Crippen LogP contribution in [0.5, 0.6) is 0 Å². The van der Waals surface area contributed by atoms with E-state index < -0.39 is 10.0 Å². The summed E-state index contributed by atoms with van der Waals surface area (Å²) in [5, 5.41) is 0. The van der Waals surface area contributed by atoms with Gasteiger partial charge in [0.15, 0.2) is 0 Å². The number of nitrogens with one attached hydrogen (secondary N) is 1. The Labute approximate surface area is 126 Å². The molecule has 0 aliphatic rings. The van der Waals surface area contributed by atoms with E-state index in [1.807, 2.05) is 55.5 Å². The number of sulfonamides is 1. The van der Waals surface area contributed by atoms with Gasteiger partial charge < -0.3 is 0 Å². The number of pyridine rings is 1. The normalized spacial score (nSPS) is 13.0. The van der Waals surface area contributed by atoms with Crippen LogP contribution in [0, 0.1) is 0 Å². The molecule has 0 aliphatic heterocycles. The first-order valence-corrected chi connectivity index (χ1v) is 8.71. The lowest BCUT2D eigenvalue weighted by molar-refractivity contribution is 0.575. The summed E-state index contributed by atoms with van der Waals surface area (Å²) in [5.41, 5.74) is 1.92. The van der Waals surface area contributed by atoms with Crippen LogP contribution in [0.25, 0.3) is 0 Å². The van der Waals surface area contributed by atoms with E-state index in [0.29, 0.717) is 13.0 Å². The topological polar surface area (TPSA) is 59.1 Å². The summed E-state index contributed by atoms with van der Waals surface area (Å²) < 4.78 is 26.4. The molecule has 1 unspecified atom stereocenters. The summed E-state index contributed by atoms with van der Waals surface area (Å²) in [5.74, 6) is 0.0653. The lowest BCUT2D eigenvalue weighted by Crippen LogP contribution is -2.31. The van der Waals surface area contributed by atoms with Crippen molar-refractivity contribution in [3.05, 3.63) is 66.0 Å². The highest BCUT2D eigenvalue weighted by Gasteiger charge is 2.18. The van der Waals surface area contributed by atoms with Crippen LogP contribution in [-0.4, -0.2) is 25.7 Å². The Balaban J connectivity index is 2.22. The Bertz CT molecular complexity index is 603. The average Bonchev–Trinajstić information content (AvgIpc) is 2.49. The molecule has 0 amide bonds. The lowest BCUT2D eigenvalue weighted by Gasteiger charge is -2.17. The average molecular weight is 304 g/mol. The summed E-state index contributed by atoms with van der Waals surface area (Å²) in [4.78, 5) is 4.37. The number of aromatic nitrogens is 1. The summed E-state index contributed by atoms with van der Waals surface area (Å²) in [6.07, 6.45) is 2.33. The molecule has 0 saturated carbocycles. The van der Waals surface area contributed by atoms with Crippen LogP contribution in [0.1, 0.15) is 30.5 Å². The molecule has 0 spiro atoms. The second kappa shape index (κ2) is 7.33. The van der Waals surface area contributed by atoms with Gasteiger partial charge in [-0.05, 0) is 24.1 Å². The van der Waals surface area contributed by atoms with Gasteiger partial charge in [0.2, 0.25) is 10.0 Å². The van der Waals surface area contributed by atoms with Crippen LogP contribution in [0.4, 0.5) is 0 Å². The molecule has 0 bridgehead atoms. The summed E-state index contributed by atoms with van der Waals surface area (Å²) in [7, 11) is -3.22. The number of hydrogen-bond donors (Lipinski definition) is 1. The van der Waals surface area contributed by atoms with Gasteiger partial charge in [0.1, 0.15) is 0 Å². The van der Waals surface area contributed by atoms with Crippen LogP contribution >= 0.6 is 0 Å². The Kier molecular flexibility index (Phi) is 5.47. The fourth-order valence-corrected chi connectivity index (χ4v) is 3.31. The van der Waals surface area contributed by atoms with E-state index in [0.717, 1.165) is 11.3 Å². The minimum atomic E-state index is -3.22. The van der Waals surface area contributed by atoms with E-state index in [4.69, 9.17) is 0 Å². The van der Waals surface area contributed by atoms with E-state index in [1.54, 1.807) is 6.20 Å². The zero-order valence-corrected chi connectivity index (χ0v) is 12.9. The molecule has 21 heavy (non-hydrogen) atoms. The maximum atomic E-state index is 11.9. The predicted octanol–water partition coefficient (Wildman–Crippen LogP) is 2.54. The largest absolute Gasteiger partial charge is 0.261 e. The van der Waals surface area contributed by atoms with Gasteiger partial charge in [0.05, 0.1) is 5.75 Å². The molecule has 0 saturated heterocycles. The summed E-state index contributed by atoms with van der Waals surface area (Å²) in [6.45, 7) is 2.18. The molecule has 1 aromatic carbocycles. The van der Waals surface area contributed by atoms with Gasteiger partial charge in [-0.2, -0.15) is 0 Å². The fraction of sp³-hybridized carbons (Fsp3) is 0.312. The third-order valence-corrected chi connectivity index (χ3v) is 4.78. The second-order valence-electron chi connectivity index (χ2n) is 4.89. The van der Waals surface area contributed by atoms with Gasteiger partial charge in [0.25, 0.3) is 0 Å². The molecule has 112 valence electrons. The molecule has 2 aromatic rings. The molecular formula is C16H20N2O2S. The van der Waals surface area contributed by atoms with E-state index >= 15 is 0 Å². The molecular weight excluding hydrogens is 284 g/mol. The van der Waals surface area contributed by atoms with Crippen LogP contribution < -0.4 is 4.72 Å². The molecule has 5 heteroatoms. The van der Waals surface area contributed by atoms with E-state index in [2.05, 4.69) is 9.71 Å². The first-order chi connectivity index (χ1) is 10.1. The third-order valence-electron chi connectivity index (χ3n) is 3.23. The fourth-order valence-electron chi connectivity index (χ4n) is 2.21. The van der Waals surface area contributed by atoms with Crippen molar-refractivity contribution in [1.29, 1.82) is 0 Å². The van der Waals surface area contributed by atoms with Crippen LogP contribution in [0.15, 0.2) is 54.7 Å². The second-order valence-corrected chi connectivity index (χ2v) is 6.81. The number of nitrogens with zero attached hydrogens (tertiary/aromatic N) is 1. The maximum absolute atomic E-state index is 11.9. The predicted molar refractivity (Wildman–Crippen MR) is 84.6 cm³/mol. The third kappa shape index (κ3) is 4.65. The highest BCUT2D eigenvalue weighted by Crippen LogP contribution is 2.22. The smallest absolute Gasteiger partial charge is 0.211 e. The van der Waals surface area contributed by atoms with Gasteiger partial charge in [-0.1, -0.05) is 43.3 Å². The minimum Gasteiger partial charge on any atom is -0.261 e. The van der Waals surface area contributed by atoms with Crippen molar-refractivity contribution in [2.24, 2.45) is 0 Å². The Hall–Kier alpha value is -1.72. The van der Waals surface area contributed by atoms with Gasteiger partial charge >= 0.3 is 0 Å². The Morgan fingerprint density at radius 3 is 2.43 bits per heavy atom. The van der Waals surface area contributed by atoms with E-state index in [-0.39, 0.29) is 11.7 Å². The van der Waals surface area contributed by atoms with Crippen LogP contribution in [0.3, 0.4) is 0 Å². The van der Waals surface area contributed by atoms with Crippen molar-refractivity contribution in [3.8, 4) is 0 Å². The van der Waals surface area contributed by atoms with Crippen molar-refractivity contribution in [1.82, 2.24) is 9.71 Å². The van der Waals surface area contributed by atoms with Crippen molar-refractivity contribution < 1.29 is 8.42 Å². The Morgan fingerprint density at radius 2 is 1.81 bits per heavy atom.